The van der Waals surface area contributed by atoms with Crippen LogP contribution >= 0.6 is 11.3 Å². The van der Waals surface area contributed by atoms with Gasteiger partial charge in [-0.1, -0.05) is 0 Å². The maximum Gasteiger partial charge on any atom is 0.310 e. The van der Waals surface area contributed by atoms with Gasteiger partial charge in [-0.2, -0.15) is 11.3 Å². The van der Waals surface area contributed by atoms with Crippen LogP contribution < -0.4 is 14.8 Å². The van der Waals surface area contributed by atoms with Crippen molar-refractivity contribution in [2.45, 2.75) is 13.3 Å². The minimum Gasteiger partial charge on any atom is -0.494 e. The average molecular weight is 363 g/mol. The summed E-state index contributed by atoms with van der Waals surface area (Å²) in [5.74, 6) is 0.709. The summed E-state index contributed by atoms with van der Waals surface area (Å²) in [6.07, 6.45) is 0.178. The lowest BCUT2D eigenvalue weighted by Gasteiger charge is -2.09. The zero-order valence-corrected chi connectivity index (χ0v) is 14.8. The molecule has 25 heavy (non-hydrogen) atoms. The fourth-order valence-electron chi connectivity index (χ4n) is 1.97. The zero-order valence-electron chi connectivity index (χ0n) is 14.0. The molecule has 0 atom stereocenters. The standard InChI is InChI=1S/C18H21NO5S/c1-2-22-15-3-5-16(6-4-15)23-9-8-19-17(20)12-24-18(21)11-14-7-10-25-13-14/h3-7,10,13H,2,8-9,11-12H2,1H3,(H,19,20). The van der Waals surface area contributed by atoms with Crippen LogP contribution in [-0.4, -0.2) is 38.2 Å². The Bertz CT molecular complexity index is 655. The Labute approximate surface area is 150 Å². The zero-order chi connectivity index (χ0) is 17.9. The molecule has 1 heterocycles. The van der Waals surface area contributed by atoms with Crippen LogP contribution in [0.2, 0.25) is 0 Å². The van der Waals surface area contributed by atoms with Crippen molar-refractivity contribution in [2.24, 2.45) is 0 Å². The lowest BCUT2D eigenvalue weighted by molar-refractivity contribution is -0.147. The quantitative estimate of drug-likeness (QED) is 0.518. The van der Waals surface area contributed by atoms with Crippen LogP contribution in [0.1, 0.15) is 12.5 Å². The van der Waals surface area contributed by atoms with Crippen molar-refractivity contribution < 1.29 is 23.8 Å². The predicted octanol–water partition coefficient (Wildman–Crippen LogP) is 2.43. The van der Waals surface area contributed by atoms with Gasteiger partial charge in [0.15, 0.2) is 6.61 Å². The number of thiophene rings is 1. The number of hydrogen-bond donors (Lipinski definition) is 1. The van der Waals surface area contributed by atoms with Crippen molar-refractivity contribution >= 4 is 23.2 Å². The van der Waals surface area contributed by atoms with E-state index in [2.05, 4.69) is 5.32 Å². The summed E-state index contributed by atoms with van der Waals surface area (Å²) >= 11 is 1.51. The summed E-state index contributed by atoms with van der Waals surface area (Å²) in [6, 6.07) is 9.11. The van der Waals surface area contributed by atoms with E-state index in [0.29, 0.717) is 25.5 Å². The van der Waals surface area contributed by atoms with E-state index in [-0.39, 0.29) is 18.9 Å². The van der Waals surface area contributed by atoms with Crippen molar-refractivity contribution in [1.29, 1.82) is 0 Å². The molecule has 0 radical (unpaired) electrons. The molecule has 0 saturated heterocycles. The van der Waals surface area contributed by atoms with E-state index in [4.69, 9.17) is 14.2 Å². The molecule has 0 aliphatic carbocycles. The molecule has 2 rings (SSSR count). The number of esters is 1. The summed E-state index contributed by atoms with van der Waals surface area (Å²) in [6.45, 7) is 2.90. The van der Waals surface area contributed by atoms with E-state index in [9.17, 15) is 9.59 Å². The number of carbonyl (C=O) groups is 2. The van der Waals surface area contributed by atoms with Gasteiger partial charge in [0.25, 0.3) is 5.91 Å². The number of amides is 1. The van der Waals surface area contributed by atoms with Crippen molar-refractivity contribution in [2.75, 3.05) is 26.4 Å². The molecule has 0 aliphatic rings. The Balaban J connectivity index is 1.56. The van der Waals surface area contributed by atoms with Crippen molar-refractivity contribution in [3.63, 3.8) is 0 Å². The van der Waals surface area contributed by atoms with Gasteiger partial charge in [0, 0.05) is 0 Å². The van der Waals surface area contributed by atoms with Crippen LogP contribution in [0.3, 0.4) is 0 Å². The predicted molar refractivity (Wildman–Crippen MR) is 95.1 cm³/mol. The fraction of sp³-hybridized carbons (Fsp3) is 0.333. The largest absolute Gasteiger partial charge is 0.494 e. The first-order valence-corrected chi connectivity index (χ1v) is 8.90. The number of carbonyl (C=O) groups excluding carboxylic acids is 2. The van der Waals surface area contributed by atoms with Crippen LogP contribution in [-0.2, 0) is 20.7 Å². The van der Waals surface area contributed by atoms with Crippen LogP contribution in [0.4, 0.5) is 0 Å². The van der Waals surface area contributed by atoms with Gasteiger partial charge in [-0.3, -0.25) is 9.59 Å². The number of nitrogens with one attached hydrogen (secondary N) is 1. The summed E-state index contributed by atoms with van der Waals surface area (Å²) in [5, 5.41) is 6.40. The van der Waals surface area contributed by atoms with Crippen LogP contribution in [0.15, 0.2) is 41.1 Å². The first-order chi connectivity index (χ1) is 12.2. The van der Waals surface area contributed by atoms with Gasteiger partial charge in [0.2, 0.25) is 0 Å². The third kappa shape index (κ3) is 7.26. The first-order valence-electron chi connectivity index (χ1n) is 7.96. The average Bonchev–Trinajstić information content (AvgIpc) is 3.11. The first kappa shape index (κ1) is 18.8. The molecule has 0 spiro atoms. The lowest BCUT2D eigenvalue weighted by atomic mass is 10.2. The van der Waals surface area contributed by atoms with Gasteiger partial charge in [0.1, 0.15) is 18.1 Å². The Morgan fingerprint density at radius 3 is 2.44 bits per heavy atom. The molecule has 134 valence electrons. The number of hydrogen-bond acceptors (Lipinski definition) is 6. The molecule has 0 saturated carbocycles. The third-order valence-corrected chi connectivity index (χ3v) is 3.85. The molecule has 1 amide bonds. The van der Waals surface area contributed by atoms with Crippen LogP contribution in [0.5, 0.6) is 11.5 Å². The summed E-state index contributed by atoms with van der Waals surface area (Å²) in [5.41, 5.74) is 0.888. The number of benzene rings is 1. The minimum absolute atomic E-state index is 0.178. The summed E-state index contributed by atoms with van der Waals surface area (Å²) in [7, 11) is 0. The molecule has 2 aromatic rings. The van der Waals surface area contributed by atoms with Gasteiger partial charge in [-0.05, 0) is 53.6 Å². The molecule has 7 heteroatoms. The second-order valence-electron chi connectivity index (χ2n) is 5.07. The summed E-state index contributed by atoms with van der Waals surface area (Å²) in [4.78, 5) is 23.2. The molecular weight excluding hydrogens is 342 g/mol. The topological polar surface area (TPSA) is 73.9 Å². The SMILES string of the molecule is CCOc1ccc(OCCNC(=O)COC(=O)Cc2ccsc2)cc1. The molecule has 0 fully saturated rings. The molecule has 1 aromatic carbocycles. The van der Waals surface area contributed by atoms with Gasteiger partial charge in [-0.15, -0.1) is 0 Å². The smallest absolute Gasteiger partial charge is 0.310 e. The maximum atomic E-state index is 11.6. The molecule has 0 aliphatic heterocycles. The van der Waals surface area contributed by atoms with E-state index >= 15 is 0 Å². The van der Waals surface area contributed by atoms with Gasteiger partial charge in [0.05, 0.1) is 19.6 Å². The Kier molecular flexibility index (Phi) is 7.78. The van der Waals surface area contributed by atoms with Gasteiger partial charge >= 0.3 is 5.97 Å². The maximum absolute atomic E-state index is 11.6. The van der Waals surface area contributed by atoms with Crippen molar-refractivity contribution in [3.8, 4) is 11.5 Å². The highest BCUT2D eigenvalue weighted by Crippen LogP contribution is 2.17. The second-order valence-corrected chi connectivity index (χ2v) is 5.85. The lowest BCUT2D eigenvalue weighted by Crippen LogP contribution is -2.32. The normalized spacial score (nSPS) is 10.1. The van der Waals surface area contributed by atoms with Crippen molar-refractivity contribution in [1.82, 2.24) is 5.32 Å². The highest BCUT2D eigenvalue weighted by atomic mass is 32.1. The minimum atomic E-state index is -0.417. The highest BCUT2D eigenvalue weighted by Gasteiger charge is 2.08. The van der Waals surface area contributed by atoms with E-state index in [1.54, 1.807) is 12.1 Å². The Morgan fingerprint density at radius 1 is 1.08 bits per heavy atom. The molecule has 1 N–H and O–H groups in total. The van der Waals surface area contributed by atoms with Crippen molar-refractivity contribution in [3.05, 3.63) is 46.7 Å². The molecular formula is C18H21NO5S. The fourth-order valence-corrected chi connectivity index (χ4v) is 2.63. The van der Waals surface area contributed by atoms with Crippen LogP contribution in [0.25, 0.3) is 0 Å². The third-order valence-electron chi connectivity index (χ3n) is 3.12. The van der Waals surface area contributed by atoms with E-state index in [1.165, 1.54) is 11.3 Å². The van der Waals surface area contributed by atoms with E-state index in [0.717, 1.165) is 11.3 Å². The number of ether oxygens (including phenoxy) is 3. The van der Waals surface area contributed by atoms with Gasteiger partial charge < -0.3 is 19.5 Å². The Morgan fingerprint density at radius 2 is 1.80 bits per heavy atom. The summed E-state index contributed by atoms with van der Waals surface area (Å²) < 4.78 is 15.8. The second kappa shape index (κ2) is 10.4. The molecule has 0 unspecified atom stereocenters. The molecule has 1 aromatic heterocycles. The number of rotatable bonds is 10. The van der Waals surface area contributed by atoms with Gasteiger partial charge in [-0.25, -0.2) is 0 Å². The van der Waals surface area contributed by atoms with E-state index in [1.807, 2.05) is 35.9 Å². The van der Waals surface area contributed by atoms with Crippen LogP contribution in [0, 0.1) is 0 Å². The monoisotopic (exact) mass is 363 g/mol. The molecule has 0 bridgehead atoms. The highest BCUT2D eigenvalue weighted by molar-refractivity contribution is 7.07. The Hall–Kier alpha value is -2.54. The van der Waals surface area contributed by atoms with E-state index < -0.39 is 5.97 Å². The molecule has 6 nitrogen and oxygen atoms in total.